The van der Waals surface area contributed by atoms with Crippen molar-refractivity contribution in [2.45, 2.75) is 19.8 Å². The average Bonchev–Trinajstić information content (AvgIpc) is 2.69. The fourth-order valence-corrected chi connectivity index (χ4v) is 2.42. The van der Waals surface area contributed by atoms with Crippen LogP contribution in [-0.2, 0) is 9.59 Å². The van der Waals surface area contributed by atoms with Crippen LogP contribution in [0.15, 0.2) is 47.6 Å². The molecular weight excluding hydrogens is 400 g/mol. The fourth-order valence-electron chi connectivity index (χ4n) is 2.24. The van der Waals surface area contributed by atoms with E-state index in [-0.39, 0.29) is 29.5 Å². The van der Waals surface area contributed by atoms with Crippen LogP contribution in [0.25, 0.3) is 0 Å². The number of nitrogens with zero attached hydrogens (tertiary/aromatic N) is 2. The Hall–Kier alpha value is -3.46. The van der Waals surface area contributed by atoms with Crippen LogP contribution < -0.4 is 15.5 Å². The first-order valence-corrected chi connectivity index (χ1v) is 9.05. The van der Waals surface area contributed by atoms with Gasteiger partial charge in [0.05, 0.1) is 17.7 Å². The maximum atomic E-state index is 11.9. The van der Waals surface area contributed by atoms with Gasteiger partial charge in [-0.25, -0.2) is 5.43 Å². The van der Waals surface area contributed by atoms with Gasteiger partial charge in [0.15, 0.2) is 0 Å². The topological polar surface area (TPSA) is 123 Å². The number of benzene rings is 2. The van der Waals surface area contributed by atoms with Crippen LogP contribution in [0.2, 0.25) is 5.02 Å². The van der Waals surface area contributed by atoms with E-state index in [1.54, 1.807) is 24.3 Å². The molecule has 2 N–H and O–H groups in total. The first-order valence-electron chi connectivity index (χ1n) is 8.67. The first kappa shape index (κ1) is 21.8. The van der Waals surface area contributed by atoms with E-state index >= 15 is 0 Å². The van der Waals surface area contributed by atoms with Gasteiger partial charge in [-0.1, -0.05) is 17.7 Å². The molecule has 0 saturated carbocycles. The smallest absolute Gasteiger partial charge is 0.288 e. The Bertz CT molecular complexity index is 915. The van der Waals surface area contributed by atoms with Gasteiger partial charge >= 0.3 is 0 Å². The van der Waals surface area contributed by atoms with Crippen molar-refractivity contribution in [2.24, 2.45) is 5.10 Å². The Morgan fingerprint density at radius 2 is 1.86 bits per heavy atom. The van der Waals surface area contributed by atoms with Crippen LogP contribution in [-0.4, -0.2) is 29.6 Å². The van der Waals surface area contributed by atoms with Gasteiger partial charge in [0.2, 0.25) is 11.8 Å². The zero-order valence-corrected chi connectivity index (χ0v) is 16.3. The monoisotopic (exact) mass is 418 g/mol. The number of nitrogens with one attached hydrogen (secondary N) is 2. The third kappa shape index (κ3) is 7.23. The van der Waals surface area contributed by atoms with Crippen molar-refractivity contribution in [1.82, 2.24) is 5.43 Å². The molecule has 0 radical (unpaired) electrons. The van der Waals surface area contributed by atoms with Crippen LogP contribution in [0, 0.1) is 10.1 Å². The minimum Gasteiger partial charge on any atom is -0.494 e. The molecule has 152 valence electrons. The molecule has 2 aromatic rings. The largest absolute Gasteiger partial charge is 0.494 e. The lowest BCUT2D eigenvalue weighted by Crippen LogP contribution is -2.20. The molecule has 0 spiro atoms. The number of hydrogen-bond donors (Lipinski definition) is 2. The zero-order chi connectivity index (χ0) is 21.2. The Labute approximate surface area is 171 Å². The number of ether oxygens (including phenoxy) is 1. The molecule has 9 nitrogen and oxygen atoms in total. The van der Waals surface area contributed by atoms with Crippen LogP contribution in [0.3, 0.4) is 0 Å². The Balaban J connectivity index is 1.77. The lowest BCUT2D eigenvalue weighted by atomic mass is 10.2. The van der Waals surface area contributed by atoms with E-state index in [0.717, 1.165) is 0 Å². The molecule has 0 aliphatic rings. The standard InChI is InChI=1S/C19H19ClN4O5/c1-2-29-15-6-4-14(5-7-15)22-18(25)9-10-19(26)23-21-12-13-3-8-16(20)17(11-13)24(27)28/h3-8,11-12H,2,9-10H2,1H3,(H,22,25)(H,23,26). The number of carbonyl (C=O) groups excluding carboxylic acids is 2. The molecule has 0 saturated heterocycles. The number of anilines is 1. The summed E-state index contributed by atoms with van der Waals surface area (Å²) in [6.07, 6.45) is 1.16. The molecule has 0 aromatic heterocycles. The number of amides is 2. The molecule has 2 aromatic carbocycles. The minimum absolute atomic E-state index is 0.00901. The molecule has 0 heterocycles. The van der Waals surface area contributed by atoms with E-state index in [0.29, 0.717) is 23.6 Å². The number of rotatable bonds is 9. The van der Waals surface area contributed by atoms with E-state index in [9.17, 15) is 19.7 Å². The predicted molar refractivity (Wildman–Crippen MR) is 109 cm³/mol. The zero-order valence-electron chi connectivity index (χ0n) is 15.6. The van der Waals surface area contributed by atoms with E-state index < -0.39 is 10.8 Å². The molecular formula is C19H19ClN4O5. The van der Waals surface area contributed by atoms with E-state index in [1.165, 1.54) is 24.4 Å². The average molecular weight is 419 g/mol. The van der Waals surface area contributed by atoms with Crippen molar-refractivity contribution >= 4 is 41.0 Å². The summed E-state index contributed by atoms with van der Waals surface area (Å²) in [5, 5.41) is 17.3. The third-order valence-electron chi connectivity index (χ3n) is 3.60. The SMILES string of the molecule is CCOc1ccc(NC(=O)CCC(=O)NN=Cc2ccc(Cl)c([N+](=O)[O-])c2)cc1. The summed E-state index contributed by atoms with van der Waals surface area (Å²) in [6.45, 7) is 2.43. The summed E-state index contributed by atoms with van der Waals surface area (Å²) in [6, 6.07) is 11.0. The van der Waals surface area contributed by atoms with Gasteiger partial charge in [0.1, 0.15) is 10.8 Å². The van der Waals surface area contributed by atoms with Gasteiger partial charge < -0.3 is 10.1 Å². The fraction of sp³-hybridized carbons (Fsp3) is 0.211. The summed E-state index contributed by atoms with van der Waals surface area (Å²) in [5.41, 5.74) is 3.01. The van der Waals surface area contributed by atoms with Crippen molar-refractivity contribution < 1.29 is 19.2 Å². The Kier molecular flexibility index (Phi) is 8.11. The highest BCUT2D eigenvalue weighted by molar-refractivity contribution is 6.32. The number of hydrazone groups is 1. The number of carbonyl (C=O) groups is 2. The highest BCUT2D eigenvalue weighted by Gasteiger charge is 2.12. The van der Waals surface area contributed by atoms with Crippen LogP contribution in [0.1, 0.15) is 25.3 Å². The molecule has 10 heteroatoms. The molecule has 0 bridgehead atoms. The highest BCUT2D eigenvalue weighted by atomic mass is 35.5. The summed E-state index contributed by atoms with van der Waals surface area (Å²) < 4.78 is 5.32. The maximum Gasteiger partial charge on any atom is 0.288 e. The van der Waals surface area contributed by atoms with Gasteiger partial charge in [-0.3, -0.25) is 19.7 Å². The van der Waals surface area contributed by atoms with Crippen LogP contribution in [0.5, 0.6) is 5.75 Å². The van der Waals surface area contributed by atoms with Crippen molar-refractivity contribution in [3.05, 3.63) is 63.2 Å². The van der Waals surface area contributed by atoms with Crippen molar-refractivity contribution in [3.63, 3.8) is 0 Å². The predicted octanol–water partition coefficient (Wildman–Crippen LogP) is 3.52. The number of halogens is 1. The molecule has 0 unspecified atom stereocenters. The van der Waals surface area contributed by atoms with E-state index in [2.05, 4.69) is 15.8 Å². The molecule has 29 heavy (non-hydrogen) atoms. The molecule has 2 rings (SSSR count). The quantitative estimate of drug-likeness (QED) is 0.366. The van der Waals surface area contributed by atoms with Gasteiger partial charge in [-0.2, -0.15) is 5.10 Å². The third-order valence-corrected chi connectivity index (χ3v) is 3.92. The minimum atomic E-state index is -0.610. The highest BCUT2D eigenvalue weighted by Crippen LogP contribution is 2.24. The molecule has 0 atom stereocenters. The summed E-state index contributed by atoms with van der Waals surface area (Å²) >= 11 is 5.73. The normalized spacial score (nSPS) is 10.6. The first-order chi connectivity index (χ1) is 13.9. The van der Waals surface area contributed by atoms with Crippen molar-refractivity contribution in [1.29, 1.82) is 0 Å². The Morgan fingerprint density at radius 3 is 2.52 bits per heavy atom. The molecule has 0 fully saturated rings. The van der Waals surface area contributed by atoms with Crippen LogP contribution in [0.4, 0.5) is 11.4 Å². The van der Waals surface area contributed by atoms with Crippen LogP contribution >= 0.6 is 11.6 Å². The Morgan fingerprint density at radius 1 is 1.17 bits per heavy atom. The number of hydrogen-bond acceptors (Lipinski definition) is 6. The second kappa shape index (κ2) is 10.8. The van der Waals surface area contributed by atoms with Crippen molar-refractivity contribution in [3.8, 4) is 5.75 Å². The second-order valence-corrected chi connectivity index (χ2v) is 6.17. The number of nitro benzene ring substituents is 1. The van der Waals surface area contributed by atoms with E-state index in [1.807, 2.05) is 6.92 Å². The van der Waals surface area contributed by atoms with E-state index in [4.69, 9.17) is 16.3 Å². The summed E-state index contributed by atoms with van der Waals surface area (Å²) in [4.78, 5) is 33.9. The lowest BCUT2D eigenvalue weighted by molar-refractivity contribution is -0.384. The summed E-state index contributed by atoms with van der Waals surface area (Å²) in [5.74, 6) is -0.0815. The lowest BCUT2D eigenvalue weighted by Gasteiger charge is -2.07. The van der Waals surface area contributed by atoms with Gasteiger partial charge in [-0.15, -0.1) is 0 Å². The molecule has 0 aliphatic carbocycles. The van der Waals surface area contributed by atoms with Gasteiger partial charge in [0.25, 0.3) is 5.69 Å². The van der Waals surface area contributed by atoms with Gasteiger partial charge in [0, 0.05) is 30.2 Å². The second-order valence-electron chi connectivity index (χ2n) is 5.77. The van der Waals surface area contributed by atoms with Crippen molar-refractivity contribution in [2.75, 3.05) is 11.9 Å². The summed E-state index contributed by atoms with van der Waals surface area (Å²) in [7, 11) is 0. The van der Waals surface area contributed by atoms with Gasteiger partial charge in [-0.05, 0) is 37.3 Å². The molecule has 0 aliphatic heterocycles. The maximum absolute atomic E-state index is 11.9. The number of nitro groups is 1. The molecule has 2 amide bonds.